The minimum Gasteiger partial charge on any atom is -0.393 e. The van der Waals surface area contributed by atoms with Crippen LogP contribution in [0.15, 0.2) is 18.2 Å². The Hall–Kier alpha value is -1.14. The number of aliphatic hydroxyl groups is 1. The Morgan fingerprint density at radius 3 is 2.42 bits per heavy atom. The summed E-state index contributed by atoms with van der Waals surface area (Å²) in [5, 5.41) is 12.1. The number of rotatable bonds is 5. The van der Waals surface area contributed by atoms with Gasteiger partial charge in [-0.15, -0.1) is 0 Å². The van der Waals surface area contributed by atoms with E-state index >= 15 is 0 Å². The highest BCUT2D eigenvalue weighted by molar-refractivity contribution is 5.27. The monoisotopic (exact) mass is 279 g/mol. The minimum atomic E-state index is -4.69. The van der Waals surface area contributed by atoms with Crippen molar-refractivity contribution in [2.45, 2.75) is 45.1 Å². The van der Waals surface area contributed by atoms with Crippen molar-refractivity contribution in [3.63, 3.8) is 0 Å². The Morgan fingerprint density at radius 2 is 1.89 bits per heavy atom. The van der Waals surface area contributed by atoms with Gasteiger partial charge in [0.15, 0.2) is 0 Å². The van der Waals surface area contributed by atoms with Crippen LogP contribution in [0.4, 0.5) is 17.6 Å². The Balaban J connectivity index is 2.70. The zero-order valence-corrected chi connectivity index (χ0v) is 10.8. The van der Waals surface area contributed by atoms with Crippen molar-refractivity contribution in [2.24, 2.45) is 0 Å². The number of hydrogen-bond donors (Lipinski definition) is 2. The van der Waals surface area contributed by atoms with Crippen LogP contribution in [0.2, 0.25) is 0 Å². The SMILES string of the molecule is CC(O)CC(C)NCc1ccc(F)c(C(F)(F)F)c1. The summed E-state index contributed by atoms with van der Waals surface area (Å²) in [5.74, 6) is -1.27. The lowest BCUT2D eigenvalue weighted by Gasteiger charge is -2.16. The van der Waals surface area contributed by atoms with Crippen LogP contribution < -0.4 is 5.32 Å². The number of alkyl halides is 3. The van der Waals surface area contributed by atoms with Crippen LogP contribution >= 0.6 is 0 Å². The largest absolute Gasteiger partial charge is 0.419 e. The molecule has 0 aliphatic carbocycles. The van der Waals surface area contributed by atoms with Gasteiger partial charge in [-0.1, -0.05) is 6.07 Å². The molecule has 1 aromatic carbocycles. The summed E-state index contributed by atoms with van der Waals surface area (Å²) in [6, 6.07) is 2.89. The molecule has 0 saturated heterocycles. The van der Waals surface area contributed by atoms with E-state index in [1.165, 1.54) is 6.07 Å². The molecule has 0 radical (unpaired) electrons. The minimum absolute atomic E-state index is 0.0422. The highest BCUT2D eigenvalue weighted by atomic mass is 19.4. The molecule has 2 atom stereocenters. The summed E-state index contributed by atoms with van der Waals surface area (Å²) in [4.78, 5) is 0. The van der Waals surface area contributed by atoms with Gasteiger partial charge in [-0.2, -0.15) is 13.2 Å². The summed E-state index contributed by atoms with van der Waals surface area (Å²) >= 11 is 0. The van der Waals surface area contributed by atoms with Gasteiger partial charge in [-0.3, -0.25) is 0 Å². The van der Waals surface area contributed by atoms with Gasteiger partial charge in [0.2, 0.25) is 0 Å². The van der Waals surface area contributed by atoms with Gasteiger partial charge in [0.25, 0.3) is 0 Å². The molecule has 0 aliphatic rings. The van der Waals surface area contributed by atoms with Crippen molar-refractivity contribution in [2.75, 3.05) is 0 Å². The van der Waals surface area contributed by atoms with Crippen molar-refractivity contribution in [3.05, 3.63) is 35.1 Å². The number of hydrogen-bond acceptors (Lipinski definition) is 2. The molecule has 0 heterocycles. The zero-order valence-electron chi connectivity index (χ0n) is 10.8. The lowest BCUT2D eigenvalue weighted by atomic mass is 10.1. The molecule has 0 fully saturated rings. The summed E-state index contributed by atoms with van der Waals surface area (Å²) in [7, 11) is 0. The average molecular weight is 279 g/mol. The van der Waals surface area contributed by atoms with Crippen LogP contribution in [0.1, 0.15) is 31.4 Å². The highest BCUT2D eigenvalue weighted by Gasteiger charge is 2.34. The molecule has 0 amide bonds. The third kappa shape index (κ3) is 5.16. The van der Waals surface area contributed by atoms with Gasteiger partial charge in [0.05, 0.1) is 11.7 Å². The van der Waals surface area contributed by atoms with E-state index in [0.717, 1.165) is 12.1 Å². The lowest BCUT2D eigenvalue weighted by Crippen LogP contribution is -2.28. The summed E-state index contributed by atoms with van der Waals surface area (Å²) in [6.45, 7) is 3.65. The van der Waals surface area contributed by atoms with Crippen LogP contribution in [-0.4, -0.2) is 17.3 Å². The standard InChI is InChI=1S/C13H17F4NO/c1-8(5-9(2)19)18-7-10-3-4-12(14)11(6-10)13(15,16)17/h3-4,6,8-9,18-19H,5,7H2,1-2H3. The summed E-state index contributed by atoms with van der Waals surface area (Å²) in [5.41, 5.74) is -0.902. The fraction of sp³-hybridized carbons (Fsp3) is 0.538. The fourth-order valence-corrected chi connectivity index (χ4v) is 1.79. The highest BCUT2D eigenvalue weighted by Crippen LogP contribution is 2.31. The first kappa shape index (κ1) is 15.9. The normalized spacial score (nSPS) is 15.3. The predicted molar refractivity (Wildman–Crippen MR) is 64.0 cm³/mol. The zero-order chi connectivity index (χ0) is 14.6. The number of nitrogens with one attached hydrogen (secondary N) is 1. The van der Waals surface area contributed by atoms with Crippen LogP contribution in [0.25, 0.3) is 0 Å². The first-order valence-corrected chi connectivity index (χ1v) is 5.97. The maximum atomic E-state index is 13.1. The van der Waals surface area contributed by atoms with Gasteiger partial charge >= 0.3 is 6.18 Å². The Morgan fingerprint density at radius 1 is 1.26 bits per heavy atom. The average Bonchev–Trinajstić information content (AvgIpc) is 2.25. The Kier molecular flexibility index (Phi) is 5.31. The lowest BCUT2D eigenvalue weighted by molar-refractivity contribution is -0.140. The van der Waals surface area contributed by atoms with E-state index in [9.17, 15) is 17.6 Å². The molecule has 0 aromatic heterocycles. The maximum Gasteiger partial charge on any atom is 0.419 e. The predicted octanol–water partition coefficient (Wildman–Crippen LogP) is 3.09. The second kappa shape index (κ2) is 6.34. The molecule has 2 unspecified atom stereocenters. The molecule has 0 spiro atoms. The molecule has 1 aromatic rings. The van der Waals surface area contributed by atoms with E-state index in [0.29, 0.717) is 12.0 Å². The van der Waals surface area contributed by atoms with Gasteiger partial charge in [-0.05, 0) is 38.0 Å². The van der Waals surface area contributed by atoms with Gasteiger partial charge in [0, 0.05) is 12.6 Å². The van der Waals surface area contributed by atoms with Crippen LogP contribution in [0.3, 0.4) is 0 Å². The molecule has 0 aliphatic heterocycles. The first-order valence-electron chi connectivity index (χ1n) is 5.97. The first-order chi connectivity index (χ1) is 8.70. The molecule has 0 bridgehead atoms. The van der Waals surface area contributed by atoms with E-state index < -0.39 is 23.7 Å². The number of halogens is 4. The third-order valence-corrected chi connectivity index (χ3v) is 2.69. The van der Waals surface area contributed by atoms with E-state index in [1.54, 1.807) is 6.92 Å². The Bertz CT molecular complexity index is 418. The van der Waals surface area contributed by atoms with E-state index in [-0.39, 0.29) is 12.6 Å². The summed E-state index contributed by atoms with van der Waals surface area (Å²) in [6.07, 6.45) is -4.68. The van der Waals surface area contributed by atoms with E-state index in [2.05, 4.69) is 5.32 Å². The quantitative estimate of drug-likeness (QED) is 0.812. The van der Waals surface area contributed by atoms with Crippen molar-refractivity contribution in [1.29, 1.82) is 0 Å². The second-order valence-electron chi connectivity index (χ2n) is 4.68. The van der Waals surface area contributed by atoms with Gasteiger partial charge in [0.1, 0.15) is 5.82 Å². The van der Waals surface area contributed by atoms with Crippen molar-refractivity contribution in [1.82, 2.24) is 5.32 Å². The maximum absolute atomic E-state index is 13.1. The fourth-order valence-electron chi connectivity index (χ4n) is 1.79. The molecular formula is C13H17F4NO. The molecule has 19 heavy (non-hydrogen) atoms. The molecular weight excluding hydrogens is 262 g/mol. The smallest absolute Gasteiger partial charge is 0.393 e. The van der Waals surface area contributed by atoms with Gasteiger partial charge < -0.3 is 10.4 Å². The van der Waals surface area contributed by atoms with Crippen molar-refractivity contribution < 1.29 is 22.7 Å². The number of aliphatic hydroxyl groups excluding tert-OH is 1. The summed E-state index contributed by atoms with van der Waals surface area (Å²) < 4.78 is 50.6. The number of benzene rings is 1. The van der Waals surface area contributed by atoms with Crippen molar-refractivity contribution >= 4 is 0 Å². The second-order valence-corrected chi connectivity index (χ2v) is 4.68. The molecule has 108 valence electrons. The van der Waals surface area contributed by atoms with E-state index in [1.807, 2.05) is 6.92 Å². The molecule has 2 nitrogen and oxygen atoms in total. The Labute approximate surface area is 109 Å². The van der Waals surface area contributed by atoms with Crippen LogP contribution in [0, 0.1) is 5.82 Å². The third-order valence-electron chi connectivity index (χ3n) is 2.69. The molecule has 2 N–H and O–H groups in total. The van der Waals surface area contributed by atoms with E-state index in [4.69, 9.17) is 5.11 Å². The topological polar surface area (TPSA) is 32.3 Å². The van der Waals surface area contributed by atoms with Crippen molar-refractivity contribution in [3.8, 4) is 0 Å². The molecule has 6 heteroatoms. The molecule has 1 rings (SSSR count). The molecule has 0 saturated carbocycles. The van der Waals surface area contributed by atoms with Crippen LogP contribution in [-0.2, 0) is 12.7 Å². The van der Waals surface area contributed by atoms with Gasteiger partial charge in [-0.25, -0.2) is 4.39 Å². The van der Waals surface area contributed by atoms with Crippen LogP contribution in [0.5, 0.6) is 0 Å².